The lowest BCUT2D eigenvalue weighted by Gasteiger charge is -2.22. The van der Waals surface area contributed by atoms with Crippen molar-refractivity contribution in [3.05, 3.63) is 11.4 Å². The Hall–Kier alpha value is -1.68. The molecule has 1 amide bonds. The summed E-state index contributed by atoms with van der Waals surface area (Å²) in [5, 5.41) is 25.7. The fourth-order valence-electron chi connectivity index (χ4n) is 2.77. The van der Waals surface area contributed by atoms with Crippen LogP contribution in [0.15, 0.2) is 0 Å². The number of amides is 1. The third-order valence-corrected chi connectivity index (χ3v) is 3.61. The number of carbonyl (C=O) groups excluding carboxylic acids is 1. The Bertz CT molecular complexity index is 571. The van der Waals surface area contributed by atoms with E-state index in [9.17, 15) is 15.0 Å². The molecular weight excluding hydrogens is 282 g/mol. The third-order valence-electron chi connectivity index (χ3n) is 3.61. The van der Waals surface area contributed by atoms with Crippen LogP contribution in [0.3, 0.4) is 0 Å². The van der Waals surface area contributed by atoms with E-state index in [1.165, 1.54) is 0 Å². The molecule has 21 heavy (non-hydrogen) atoms. The molecular formula is C12H17N3O6. The summed E-state index contributed by atoms with van der Waals surface area (Å²) in [6.45, 7) is 3.23. The quantitative estimate of drug-likeness (QED) is 0.570. The number of hydrogen-bond donors (Lipinski definition) is 4. The van der Waals surface area contributed by atoms with E-state index in [1.54, 1.807) is 13.8 Å². The minimum absolute atomic E-state index is 0.107. The number of nitrogens with one attached hydrogen (secondary N) is 1. The lowest BCUT2D eigenvalue weighted by Crippen LogP contribution is -2.31. The second-order valence-electron chi connectivity index (χ2n) is 5.54. The second-order valence-corrected chi connectivity index (χ2v) is 5.54. The summed E-state index contributed by atoms with van der Waals surface area (Å²) in [6, 6.07) is 0. The van der Waals surface area contributed by atoms with Gasteiger partial charge in [0.05, 0.1) is 6.61 Å². The number of nitrogens with two attached hydrogens (primary N) is 1. The van der Waals surface area contributed by atoms with Crippen LogP contribution in [0.4, 0.5) is 0 Å². The molecule has 2 fully saturated rings. The predicted octanol–water partition coefficient (Wildman–Crippen LogP) is -0.834. The Morgan fingerprint density at radius 2 is 2.10 bits per heavy atom. The highest BCUT2D eigenvalue weighted by atomic mass is 16.8. The Kier molecular flexibility index (Phi) is 3.17. The van der Waals surface area contributed by atoms with Crippen molar-refractivity contribution in [3.8, 4) is 5.75 Å². The van der Waals surface area contributed by atoms with Gasteiger partial charge in [-0.05, 0) is 13.8 Å². The van der Waals surface area contributed by atoms with Crippen LogP contribution >= 0.6 is 0 Å². The van der Waals surface area contributed by atoms with Gasteiger partial charge < -0.3 is 30.2 Å². The van der Waals surface area contributed by atoms with Crippen LogP contribution in [-0.2, 0) is 14.2 Å². The zero-order valence-electron chi connectivity index (χ0n) is 11.6. The third kappa shape index (κ3) is 2.18. The van der Waals surface area contributed by atoms with Gasteiger partial charge in [-0.1, -0.05) is 0 Å². The molecule has 2 saturated heterocycles. The molecule has 0 bridgehead atoms. The number of ether oxygens (including phenoxy) is 3. The van der Waals surface area contributed by atoms with Crippen LogP contribution in [0.2, 0.25) is 0 Å². The summed E-state index contributed by atoms with van der Waals surface area (Å²) in [7, 11) is 0. The van der Waals surface area contributed by atoms with E-state index in [2.05, 4.69) is 10.2 Å². The van der Waals surface area contributed by atoms with Crippen molar-refractivity contribution in [1.82, 2.24) is 10.2 Å². The van der Waals surface area contributed by atoms with Crippen molar-refractivity contribution in [2.24, 2.45) is 5.73 Å². The van der Waals surface area contributed by atoms with Gasteiger partial charge in [-0.15, -0.1) is 0 Å². The molecule has 0 spiro atoms. The maximum Gasteiger partial charge on any atom is 0.270 e. The molecule has 0 unspecified atom stereocenters. The second kappa shape index (κ2) is 4.67. The summed E-state index contributed by atoms with van der Waals surface area (Å²) in [6.07, 6.45) is -2.40. The number of aromatic nitrogens is 2. The van der Waals surface area contributed by atoms with Crippen LogP contribution in [-0.4, -0.2) is 57.0 Å². The summed E-state index contributed by atoms with van der Waals surface area (Å²) in [5.74, 6) is -2.04. The molecule has 0 aliphatic carbocycles. The largest absolute Gasteiger partial charge is 0.504 e. The highest BCUT2D eigenvalue weighted by Gasteiger charge is 2.56. The Morgan fingerprint density at radius 1 is 1.43 bits per heavy atom. The van der Waals surface area contributed by atoms with Crippen molar-refractivity contribution < 1.29 is 29.2 Å². The molecule has 0 saturated carbocycles. The van der Waals surface area contributed by atoms with Gasteiger partial charge in [0.1, 0.15) is 30.1 Å². The van der Waals surface area contributed by atoms with E-state index >= 15 is 0 Å². The number of carbonyl (C=O) groups is 1. The van der Waals surface area contributed by atoms with Crippen LogP contribution < -0.4 is 5.73 Å². The zero-order chi connectivity index (χ0) is 15.4. The average Bonchev–Trinajstić information content (AvgIpc) is 3.00. The number of hydrogen-bond acceptors (Lipinski definition) is 7. The SMILES string of the molecule is CC1(C)O[C@@H]2[C@H](O1)[C@@H](CO)O[C@@H]2c1n[nH]c(C(N)=O)c1O. The monoisotopic (exact) mass is 299 g/mol. The Balaban J connectivity index is 1.94. The van der Waals surface area contributed by atoms with Gasteiger partial charge in [0.25, 0.3) is 5.91 Å². The number of primary amides is 1. The Labute approximate surface area is 120 Å². The van der Waals surface area contributed by atoms with E-state index in [1.807, 2.05) is 0 Å². The lowest BCUT2D eigenvalue weighted by atomic mass is 10.1. The molecule has 5 N–H and O–H groups in total. The molecule has 0 aromatic carbocycles. The van der Waals surface area contributed by atoms with Crippen LogP contribution in [0.1, 0.15) is 36.1 Å². The first-order valence-electron chi connectivity index (χ1n) is 6.53. The van der Waals surface area contributed by atoms with E-state index in [-0.39, 0.29) is 23.7 Å². The number of rotatable bonds is 3. The van der Waals surface area contributed by atoms with Crippen molar-refractivity contribution in [2.45, 2.75) is 44.1 Å². The molecule has 3 rings (SSSR count). The summed E-state index contributed by atoms with van der Waals surface area (Å²) < 4.78 is 17.1. The molecule has 2 aliphatic heterocycles. The van der Waals surface area contributed by atoms with Gasteiger partial charge >= 0.3 is 0 Å². The molecule has 9 nitrogen and oxygen atoms in total. The minimum atomic E-state index is -0.830. The maximum atomic E-state index is 11.2. The molecule has 3 heterocycles. The van der Waals surface area contributed by atoms with Crippen LogP contribution in [0.25, 0.3) is 0 Å². The Morgan fingerprint density at radius 3 is 2.67 bits per heavy atom. The van der Waals surface area contributed by atoms with Gasteiger partial charge in [-0.3, -0.25) is 9.89 Å². The van der Waals surface area contributed by atoms with E-state index in [4.69, 9.17) is 19.9 Å². The van der Waals surface area contributed by atoms with Crippen molar-refractivity contribution in [1.29, 1.82) is 0 Å². The first kappa shape index (κ1) is 14.3. The summed E-state index contributed by atoms with van der Waals surface area (Å²) in [5.41, 5.74) is 5.03. The van der Waals surface area contributed by atoms with E-state index in [0.29, 0.717) is 0 Å². The van der Waals surface area contributed by atoms with E-state index < -0.39 is 36.1 Å². The average molecular weight is 299 g/mol. The highest BCUT2D eigenvalue weighted by Crippen LogP contribution is 2.46. The molecule has 116 valence electrons. The van der Waals surface area contributed by atoms with Crippen molar-refractivity contribution >= 4 is 5.91 Å². The number of nitrogens with zero attached hydrogens (tertiary/aromatic N) is 1. The summed E-state index contributed by atoms with van der Waals surface area (Å²) in [4.78, 5) is 11.2. The number of aliphatic hydroxyl groups excluding tert-OH is 1. The smallest absolute Gasteiger partial charge is 0.270 e. The number of aromatic hydroxyl groups is 1. The fraction of sp³-hybridized carbons (Fsp3) is 0.667. The topological polar surface area (TPSA) is 140 Å². The van der Waals surface area contributed by atoms with Crippen LogP contribution in [0, 0.1) is 0 Å². The highest BCUT2D eigenvalue weighted by molar-refractivity contribution is 5.93. The van der Waals surface area contributed by atoms with E-state index in [0.717, 1.165) is 0 Å². The molecule has 2 aliphatic rings. The molecule has 0 radical (unpaired) electrons. The first-order chi connectivity index (χ1) is 9.84. The van der Waals surface area contributed by atoms with Gasteiger partial charge in [0, 0.05) is 0 Å². The molecule has 1 aromatic rings. The summed E-state index contributed by atoms with van der Waals surface area (Å²) >= 11 is 0. The predicted molar refractivity (Wildman–Crippen MR) is 67.3 cm³/mol. The number of aromatic amines is 1. The maximum absolute atomic E-state index is 11.2. The minimum Gasteiger partial charge on any atom is -0.504 e. The van der Waals surface area contributed by atoms with Gasteiger partial charge in [0.15, 0.2) is 17.2 Å². The lowest BCUT2D eigenvalue weighted by molar-refractivity contribution is -0.191. The normalized spacial score (nSPS) is 34.0. The number of H-pyrrole nitrogens is 1. The number of aliphatic hydroxyl groups is 1. The van der Waals surface area contributed by atoms with Gasteiger partial charge in [-0.25, -0.2) is 0 Å². The van der Waals surface area contributed by atoms with Gasteiger partial charge in [-0.2, -0.15) is 5.10 Å². The van der Waals surface area contributed by atoms with Gasteiger partial charge in [0.2, 0.25) is 0 Å². The standard InChI is InChI=1S/C12H17N3O6/c1-12(2)20-8-4(3-16)19-9(10(8)21-12)5-7(17)6(11(13)18)15-14-5/h4,8-10,16-17H,3H2,1-2H3,(H2,13,18)(H,14,15)/t4-,8-,9-,10-/m1/s1. The molecule has 4 atom stereocenters. The van der Waals surface area contributed by atoms with Crippen molar-refractivity contribution in [3.63, 3.8) is 0 Å². The first-order valence-corrected chi connectivity index (χ1v) is 6.53. The number of fused-ring (bicyclic) bond motifs is 1. The fourth-order valence-corrected chi connectivity index (χ4v) is 2.77. The molecule has 1 aromatic heterocycles. The van der Waals surface area contributed by atoms with Crippen LogP contribution in [0.5, 0.6) is 5.75 Å². The zero-order valence-corrected chi connectivity index (χ0v) is 11.6. The molecule has 9 heteroatoms. The van der Waals surface area contributed by atoms with Crippen molar-refractivity contribution in [2.75, 3.05) is 6.61 Å².